The number of halogens is 1. The van der Waals surface area contributed by atoms with E-state index in [1.165, 1.54) is 30.8 Å². The number of aromatic nitrogens is 1. The summed E-state index contributed by atoms with van der Waals surface area (Å²) in [5.41, 5.74) is 1.12. The van der Waals surface area contributed by atoms with Gasteiger partial charge in [0.1, 0.15) is 5.01 Å². The van der Waals surface area contributed by atoms with E-state index in [1.54, 1.807) is 11.3 Å². The highest BCUT2D eigenvalue weighted by molar-refractivity contribution is 14.0. The number of aryl methyl sites for hydroxylation is 2. The standard InChI is InChI=1S/C18H33N5S.HI/c1-6-19-18(21-11-17-22-15(4)16(5)24-17)20-10-14(3)23-9-7-8-13(2)12-23;/h13-14H,6-12H2,1-5H3,(H2,19,20,21);1H. The molecule has 7 heteroatoms. The number of thiazole rings is 1. The molecular formula is C18H34IN5S. The summed E-state index contributed by atoms with van der Waals surface area (Å²) in [6.07, 6.45) is 2.69. The van der Waals surface area contributed by atoms with E-state index < -0.39 is 0 Å². The van der Waals surface area contributed by atoms with Crippen molar-refractivity contribution in [3.63, 3.8) is 0 Å². The number of hydrogen-bond donors (Lipinski definition) is 2. The van der Waals surface area contributed by atoms with E-state index in [2.05, 4.69) is 55.1 Å². The molecule has 5 nitrogen and oxygen atoms in total. The van der Waals surface area contributed by atoms with Gasteiger partial charge >= 0.3 is 0 Å². The Morgan fingerprint density at radius 2 is 2.16 bits per heavy atom. The van der Waals surface area contributed by atoms with E-state index in [0.717, 1.165) is 35.7 Å². The lowest BCUT2D eigenvalue weighted by Crippen LogP contribution is -2.48. The number of piperidine rings is 1. The first-order chi connectivity index (χ1) is 11.5. The van der Waals surface area contributed by atoms with Crippen molar-refractivity contribution < 1.29 is 0 Å². The molecule has 0 saturated carbocycles. The highest BCUT2D eigenvalue weighted by Gasteiger charge is 2.20. The van der Waals surface area contributed by atoms with Crippen LogP contribution in [-0.4, -0.2) is 48.1 Å². The molecule has 2 N–H and O–H groups in total. The van der Waals surface area contributed by atoms with E-state index in [-0.39, 0.29) is 24.0 Å². The third-order valence-corrected chi connectivity index (χ3v) is 5.72. The first kappa shape index (κ1) is 22.6. The molecule has 0 spiro atoms. The second-order valence-corrected chi connectivity index (χ2v) is 8.20. The molecule has 1 saturated heterocycles. The predicted octanol–water partition coefficient (Wildman–Crippen LogP) is 3.55. The van der Waals surface area contributed by atoms with Crippen molar-refractivity contribution in [1.29, 1.82) is 0 Å². The topological polar surface area (TPSA) is 52.6 Å². The monoisotopic (exact) mass is 479 g/mol. The van der Waals surface area contributed by atoms with Gasteiger partial charge < -0.3 is 10.6 Å². The van der Waals surface area contributed by atoms with Crippen LogP contribution >= 0.6 is 35.3 Å². The van der Waals surface area contributed by atoms with Gasteiger partial charge in [0.25, 0.3) is 0 Å². The third kappa shape index (κ3) is 7.38. The van der Waals surface area contributed by atoms with Crippen molar-refractivity contribution in [1.82, 2.24) is 20.5 Å². The van der Waals surface area contributed by atoms with Gasteiger partial charge in [-0.2, -0.15) is 0 Å². The molecule has 2 atom stereocenters. The Labute approximate surface area is 174 Å². The van der Waals surface area contributed by atoms with Gasteiger partial charge in [-0.1, -0.05) is 6.92 Å². The molecule has 0 radical (unpaired) electrons. The van der Waals surface area contributed by atoms with Crippen molar-refractivity contribution in [2.24, 2.45) is 10.9 Å². The fraction of sp³-hybridized carbons (Fsp3) is 0.778. The molecule has 0 amide bonds. The molecule has 25 heavy (non-hydrogen) atoms. The molecule has 1 aromatic rings. The van der Waals surface area contributed by atoms with Gasteiger partial charge in [0.2, 0.25) is 0 Å². The highest BCUT2D eigenvalue weighted by atomic mass is 127. The van der Waals surface area contributed by atoms with Gasteiger partial charge in [0.15, 0.2) is 5.96 Å². The van der Waals surface area contributed by atoms with Crippen LogP contribution in [0.1, 0.15) is 49.2 Å². The number of guanidine groups is 1. The molecule has 1 aliphatic rings. The lowest BCUT2D eigenvalue weighted by molar-refractivity contribution is 0.139. The van der Waals surface area contributed by atoms with Gasteiger partial charge in [-0.25, -0.2) is 9.98 Å². The zero-order valence-electron chi connectivity index (χ0n) is 16.3. The second kappa shape index (κ2) is 11.3. The number of hydrogen-bond acceptors (Lipinski definition) is 4. The minimum atomic E-state index is 0. The molecule has 1 fully saturated rings. The van der Waals surface area contributed by atoms with Crippen molar-refractivity contribution in [2.75, 3.05) is 26.2 Å². The highest BCUT2D eigenvalue weighted by Crippen LogP contribution is 2.18. The average molecular weight is 479 g/mol. The summed E-state index contributed by atoms with van der Waals surface area (Å²) >= 11 is 1.74. The van der Waals surface area contributed by atoms with Crippen LogP contribution in [0.5, 0.6) is 0 Å². The summed E-state index contributed by atoms with van der Waals surface area (Å²) < 4.78 is 0. The molecule has 2 unspecified atom stereocenters. The van der Waals surface area contributed by atoms with Gasteiger partial charge in [0.05, 0.1) is 12.2 Å². The Balaban J connectivity index is 0.00000312. The van der Waals surface area contributed by atoms with Crippen molar-refractivity contribution in [2.45, 2.75) is 60.0 Å². The quantitative estimate of drug-likeness (QED) is 0.372. The summed E-state index contributed by atoms with van der Waals surface area (Å²) in [4.78, 5) is 13.1. The van der Waals surface area contributed by atoms with E-state index in [1.807, 2.05) is 0 Å². The van der Waals surface area contributed by atoms with Crippen LogP contribution in [0, 0.1) is 19.8 Å². The van der Waals surface area contributed by atoms with E-state index in [0.29, 0.717) is 12.6 Å². The Morgan fingerprint density at radius 3 is 2.76 bits per heavy atom. The molecule has 144 valence electrons. The number of rotatable bonds is 6. The smallest absolute Gasteiger partial charge is 0.191 e. The van der Waals surface area contributed by atoms with Crippen molar-refractivity contribution in [3.8, 4) is 0 Å². The van der Waals surface area contributed by atoms with Crippen LogP contribution in [-0.2, 0) is 6.54 Å². The van der Waals surface area contributed by atoms with E-state index in [4.69, 9.17) is 4.99 Å². The molecule has 0 aliphatic carbocycles. The first-order valence-corrected chi connectivity index (χ1v) is 10.00. The number of nitrogens with zero attached hydrogens (tertiary/aromatic N) is 3. The average Bonchev–Trinajstić information content (AvgIpc) is 2.88. The van der Waals surface area contributed by atoms with Gasteiger partial charge in [-0.15, -0.1) is 35.3 Å². The second-order valence-electron chi connectivity index (χ2n) is 6.92. The van der Waals surface area contributed by atoms with Crippen molar-refractivity contribution >= 4 is 41.3 Å². The summed E-state index contributed by atoms with van der Waals surface area (Å²) in [7, 11) is 0. The van der Waals surface area contributed by atoms with E-state index >= 15 is 0 Å². The number of nitrogens with one attached hydrogen (secondary N) is 2. The maximum Gasteiger partial charge on any atom is 0.191 e. The molecule has 1 aromatic heterocycles. The van der Waals surface area contributed by atoms with Crippen LogP contribution in [0.4, 0.5) is 0 Å². The first-order valence-electron chi connectivity index (χ1n) is 9.18. The Kier molecular flexibility index (Phi) is 10.3. The molecule has 0 bridgehead atoms. The number of likely N-dealkylation sites (tertiary alicyclic amines) is 1. The lowest BCUT2D eigenvalue weighted by Gasteiger charge is -2.35. The predicted molar refractivity (Wildman–Crippen MR) is 119 cm³/mol. The SMILES string of the molecule is CCNC(=NCc1nc(C)c(C)s1)NCC(C)N1CCCC(C)C1.I. The van der Waals surface area contributed by atoms with Crippen LogP contribution in [0.15, 0.2) is 4.99 Å². The molecule has 2 heterocycles. The fourth-order valence-corrected chi connectivity index (χ4v) is 3.95. The van der Waals surface area contributed by atoms with E-state index in [9.17, 15) is 0 Å². The van der Waals surface area contributed by atoms with Gasteiger partial charge in [0, 0.05) is 30.6 Å². The maximum atomic E-state index is 4.69. The third-order valence-electron chi connectivity index (χ3n) is 4.67. The molecular weight excluding hydrogens is 445 g/mol. The molecule has 2 rings (SSSR count). The summed E-state index contributed by atoms with van der Waals surface area (Å²) in [6.45, 7) is 15.8. The lowest BCUT2D eigenvalue weighted by atomic mass is 9.99. The van der Waals surface area contributed by atoms with Gasteiger partial charge in [-0.3, -0.25) is 4.90 Å². The van der Waals surface area contributed by atoms with Crippen LogP contribution in [0.2, 0.25) is 0 Å². The van der Waals surface area contributed by atoms with Crippen LogP contribution in [0.25, 0.3) is 0 Å². The zero-order chi connectivity index (χ0) is 17.5. The van der Waals surface area contributed by atoms with Crippen LogP contribution in [0.3, 0.4) is 0 Å². The fourth-order valence-electron chi connectivity index (χ4n) is 3.09. The Hall–Kier alpha value is -0.410. The zero-order valence-corrected chi connectivity index (χ0v) is 19.4. The maximum absolute atomic E-state index is 4.69. The van der Waals surface area contributed by atoms with Gasteiger partial charge in [-0.05, 0) is 53.0 Å². The minimum Gasteiger partial charge on any atom is -0.357 e. The minimum absolute atomic E-state index is 0. The largest absolute Gasteiger partial charge is 0.357 e. The molecule has 1 aliphatic heterocycles. The summed E-state index contributed by atoms with van der Waals surface area (Å²) in [5.74, 6) is 1.71. The number of aliphatic imine (C=N–C) groups is 1. The Bertz CT molecular complexity index is 526. The summed E-state index contributed by atoms with van der Waals surface area (Å²) in [6, 6.07) is 0.529. The molecule has 0 aromatic carbocycles. The van der Waals surface area contributed by atoms with Crippen LogP contribution < -0.4 is 10.6 Å². The summed E-state index contributed by atoms with van der Waals surface area (Å²) in [5, 5.41) is 7.92. The Morgan fingerprint density at radius 1 is 1.40 bits per heavy atom. The normalized spacial score (nSPS) is 20.0. The van der Waals surface area contributed by atoms with Crippen molar-refractivity contribution in [3.05, 3.63) is 15.6 Å².